The van der Waals surface area contributed by atoms with Gasteiger partial charge in [0.1, 0.15) is 5.60 Å². The van der Waals surface area contributed by atoms with Crippen LogP contribution in [0.25, 0.3) is 0 Å². The minimum absolute atomic E-state index is 0.239. The third kappa shape index (κ3) is 2.90. The van der Waals surface area contributed by atoms with Gasteiger partial charge in [0.2, 0.25) is 0 Å². The van der Waals surface area contributed by atoms with E-state index < -0.39 is 5.60 Å². The topological polar surface area (TPSA) is 21.7 Å². The summed E-state index contributed by atoms with van der Waals surface area (Å²) in [4.78, 5) is 2.44. The Morgan fingerprint density at radius 1 is 1.04 bits per heavy atom. The van der Waals surface area contributed by atoms with Gasteiger partial charge >= 0.3 is 7.25 Å². The van der Waals surface area contributed by atoms with Crippen LogP contribution in [-0.2, 0) is 14.9 Å². The summed E-state index contributed by atoms with van der Waals surface area (Å²) >= 11 is 0. The molecule has 2 heterocycles. The summed E-state index contributed by atoms with van der Waals surface area (Å²) < 4.78 is 13.3. The molecular formula is C22H28BNO2. The molecule has 2 aliphatic heterocycles. The first-order valence-electron chi connectivity index (χ1n) is 9.99. The van der Waals surface area contributed by atoms with Crippen LogP contribution in [0.4, 0.5) is 0 Å². The minimum Gasteiger partial charge on any atom is -0.394 e. The zero-order chi connectivity index (χ0) is 18.0. The molecule has 4 rings (SSSR count). The van der Waals surface area contributed by atoms with Crippen LogP contribution in [0.3, 0.4) is 0 Å². The Kier molecular flexibility index (Phi) is 5.17. The largest absolute Gasteiger partial charge is 0.559 e. The SMILES string of the molecule is CCC(CC)OB1OC(c2ccccc2)(c2ccccc2)[C@@H]2CCCN12. The van der Waals surface area contributed by atoms with Gasteiger partial charge in [-0.3, -0.25) is 4.81 Å². The summed E-state index contributed by atoms with van der Waals surface area (Å²) in [6.45, 7) is 5.41. The molecule has 0 N–H and O–H groups in total. The van der Waals surface area contributed by atoms with E-state index in [4.69, 9.17) is 9.31 Å². The molecule has 0 aromatic heterocycles. The van der Waals surface area contributed by atoms with Crippen LogP contribution >= 0.6 is 0 Å². The van der Waals surface area contributed by atoms with Gasteiger partial charge in [0.25, 0.3) is 0 Å². The summed E-state index contributed by atoms with van der Waals surface area (Å²) in [5.74, 6) is 0. The fourth-order valence-corrected chi connectivity index (χ4v) is 4.59. The fraction of sp³-hybridized carbons (Fsp3) is 0.455. The molecule has 4 heteroatoms. The van der Waals surface area contributed by atoms with Gasteiger partial charge < -0.3 is 9.31 Å². The molecule has 3 nitrogen and oxygen atoms in total. The monoisotopic (exact) mass is 349 g/mol. The Labute approximate surface area is 157 Å². The first-order valence-corrected chi connectivity index (χ1v) is 9.99. The molecule has 0 spiro atoms. The summed E-state index contributed by atoms with van der Waals surface area (Å²) in [7, 11) is -0.271. The molecule has 2 aromatic rings. The lowest BCUT2D eigenvalue weighted by Crippen LogP contribution is -2.42. The zero-order valence-corrected chi connectivity index (χ0v) is 15.8. The molecule has 2 fully saturated rings. The molecule has 2 aliphatic rings. The maximum Gasteiger partial charge on any atom is 0.559 e. The molecular weight excluding hydrogens is 321 g/mol. The minimum atomic E-state index is -0.463. The predicted molar refractivity (Wildman–Crippen MR) is 106 cm³/mol. The van der Waals surface area contributed by atoms with E-state index in [1.165, 1.54) is 17.5 Å². The molecule has 0 bridgehead atoms. The van der Waals surface area contributed by atoms with Gasteiger partial charge in [-0.25, -0.2) is 0 Å². The third-order valence-corrected chi connectivity index (χ3v) is 5.95. The van der Waals surface area contributed by atoms with Crippen molar-refractivity contribution in [3.05, 3.63) is 71.8 Å². The highest BCUT2D eigenvalue weighted by Crippen LogP contribution is 2.49. The van der Waals surface area contributed by atoms with Crippen LogP contribution < -0.4 is 0 Å². The van der Waals surface area contributed by atoms with E-state index in [0.29, 0.717) is 6.04 Å². The average molecular weight is 349 g/mol. The Balaban J connectivity index is 1.78. The fourth-order valence-electron chi connectivity index (χ4n) is 4.59. The van der Waals surface area contributed by atoms with Gasteiger partial charge in [-0.05, 0) is 43.4 Å². The van der Waals surface area contributed by atoms with Crippen molar-refractivity contribution in [2.45, 2.75) is 57.3 Å². The van der Waals surface area contributed by atoms with Crippen molar-refractivity contribution in [3.8, 4) is 0 Å². The van der Waals surface area contributed by atoms with E-state index >= 15 is 0 Å². The molecule has 0 radical (unpaired) electrons. The van der Waals surface area contributed by atoms with Crippen LogP contribution in [0.2, 0.25) is 0 Å². The third-order valence-electron chi connectivity index (χ3n) is 5.95. The molecule has 0 unspecified atom stereocenters. The van der Waals surface area contributed by atoms with Crippen LogP contribution in [0, 0.1) is 0 Å². The van der Waals surface area contributed by atoms with Gasteiger partial charge in [-0.2, -0.15) is 0 Å². The molecule has 136 valence electrons. The first kappa shape index (κ1) is 17.8. The van der Waals surface area contributed by atoms with Crippen LogP contribution in [0.15, 0.2) is 60.7 Å². The number of fused-ring (bicyclic) bond motifs is 1. The second kappa shape index (κ2) is 7.55. The Morgan fingerprint density at radius 2 is 1.62 bits per heavy atom. The Morgan fingerprint density at radius 3 is 2.15 bits per heavy atom. The van der Waals surface area contributed by atoms with Gasteiger partial charge in [-0.1, -0.05) is 74.5 Å². The second-order valence-corrected chi connectivity index (χ2v) is 7.36. The lowest BCUT2D eigenvalue weighted by molar-refractivity contribution is 0.0648. The molecule has 1 atom stereocenters. The van der Waals surface area contributed by atoms with Crippen LogP contribution in [-0.4, -0.2) is 30.8 Å². The molecule has 0 amide bonds. The van der Waals surface area contributed by atoms with E-state index in [1.54, 1.807) is 0 Å². The van der Waals surface area contributed by atoms with Crippen molar-refractivity contribution < 1.29 is 9.31 Å². The number of nitrogens with zero attached hydrogens (tertiary/aromatic N) is 1. The van der Waals surface area contributed by atoms with E-state index in [-0.39, 0.29) is 13.4 Å². The smallest absolute Gasteiger partial charge is 0.394 e. The second-order valence-electron chi connectivity index (χ2n) is 7.36. The summed E-state index contributed by atoms with van der Waals surface area (Å²) in [6, 6.07) is 21.7. The zero-order valence-electron chi connectivity index (χ0n) is 15.8. The quantitative estimate of drug-likeness (QED) is 0.711. The number of benzene rings is 2. The van der Waals surface area contributed by atoms with Crippen LogP contribution in [0.1, 0.15) is 50.7 Å². The van der Waals surface area contributed by atoms with Crippen molar-refractivity contribution in [1.29, 1.82) is 0 Å². The van der Waals surface area contributed by atoms with Gasteiger partial charge in [-0.15, -0.1) is 0 Å². The molecule has 2 saturated heterocycles. The van der Waals surface area contributed by atoms with Crippen molar-refractivity contribution in [3.63, 3.8) is 0 Å². The Bertz CT molecular complexity index is 665. The maximum absolute atomic E-state index is 6.83. The molecule has 0 aliphatic carbocycles. The van der Waals surface area contributed by atoms with Gasteiger partial charge in [0.15, 0.2) is 0 Å². The van der Waals surface area contributed by atoms with E-state index in [2.05, 4.69) is 79.3 Å². The van der Waals surface area contributed by atoms with E-state index in [0.717, 1.165) is 25.8 Å². The summed E-state index contributed by atoms with van der Waals surface area (Å²) in [5, 5.41) is 0. The van der Waals surface area contributed by atoms with Gasteiger partial charge in [0.05, 0.1) is 0 Å². The predicted octanol–water partition coefficient (Wildman–Crippen LogP) is 4.61. The normalized spacial score (nSPS) is 22.1. The van der Waals surface area contributed by atoms with E-state index in [1.807, 2.05) is 0 Å². The lowest BCUT2D eigenvalue weighted by Gasteiger charge is -2.35. The van der Waals surface area contributed by atoms with Crippen molar-refractivity contribution in [2.24, 2.45) is 0 Å². The molecule has 2 aromatic carbocycles. The van der Waals surface area contributed by atoms with Crippen molar-refractivity contribution in [2.75, 3.05) is 6.54 Å². The molecule has 0 saturated carbocycles. The lowest BCUT2D eigenvalue weighted by atomic mass is 9.79. The number of hydrogen-bond acceptors (Lipinski definition) is 3. The number of rotatable bonds is 6. The Hall–Kier alpha value is -1.62. The first-order chi connectivity index (χ1) is 12.8. The standard InChI is InChI=1S/C22H28BNO2/c1-3-20(4-2)25-23-24-17-11-16-21(24)22(26-23,18-12-7-5-8-13-18)19-14-9-6-10-15-19/h5-10,12-15,20-21H,3-4,11,16-17H2,1-2H3/t21-/m0/s1. The highest BCUT2D eigenvalue weighted by molar-refractivity contribution is 6.42. The summed E-state index contributed by atoms with van der Waals surface area (Å²) in [5.41, 5.74) is 1.98. The van der Waals surface area contributed by atoms with Gasteiger partial charge in [0, 0.05) is 12.1 Å². The van der Waals surface area contributed by atoms with Crippen molar-refractivity contribution >= 4 is 7.25 Å². The summed E-state index contributed by atoms with van der Waals surface area (Å²) in [6.07, 6.45) is 4.59. The maximum atomic E-state index is 6.83. The van der Waals surface area contributed by atoms with Crippen LogP contribution in [0.5, 0.6) is 0 Å². The van der Waals surface area contributed by atoms with E-state index in [9.17, 15) is 0 Å². The average Bonchev–Trinajstić information content (AvgIpc) is 3.30. The molecule has 26 heavy (non-hydrogen) atoms. The highest BCUT2D eigenvalue weighted by atomic mass is 16.6. The van der Waals surface area contributed by atoms with Crippen molar-refractivity contribution in [1.82, 2.24) is 4.81 Å². The number of hydrogen-bond donors (Lipinski definition) is 0. The highest BCUT2D eigenvalue weighted by Gasteiger charge is 2.60.